The van der Waals surface area contributed by atoms with E-state index in [0.29, 0.717) is 46.6 Å². The molecule has 0 fully saturated rings. The molecule has 0 aliphatic heterocycles. The molecule has 264 valence electrons. The van der Waals surface area contributed by atoms with Gasteiger partial charge in [-0.05, 0) is 108 Å². The zero-order chi connectivity index (χ0) is 36.5. The molecule has 5 aromatic rings. The van der Waals surface area contributed by atoms with Gasteiger partial charge in [0.15, 0.2) is 5.69 Å². The molecule has 0 saturated heterocycles. The summed E-state index contributed by atoms with van der Waals surface area (Å²) in [5.74, 6) is 0.373. The molecule has 0 atom stereocenters. The highest BCUT2D eigenvalue weighted by Crippen LogP contribution is 2.43. The number of aromatic carboxylic acids is 1. The quantitative estimate of drug-likeness (QED) is 0.115. The molecular weight excluding hydrogens is 698 g/mol. The number of carbonyl (C=O) groups is 1. The number of carboxylic acids is 1. The van der Waals surface area contributed by atoms with E-state index in [2.05, 4.69) is 9.97 Å². The van der Waals surface area contributed by atoms with Crippen LogP contribution in [0.25, 0.3) is 16.7 Å². The molecule has 0 bridgehead atoms. The van der Waals surface area contributed by atoms with E-state index in [1.165, 1.54) is 6.20 Å². The van der Waals surface area contributed by atoms with E-state index in [-0.39, 0.29) is 5.69 Å². The second kappa shape index (κ2) is 17.5. The summed E-state index contributed by atoms with van der Waals surface area (Å²) >= 11 is 12.4. The lowest BCUT2D eigenvalue weighted by Crippen LogP contribution is -2.15. The standard InChI is InChI=1S/C23H19ClN2O3.C18H18BClO3/c24-16-9-10-22(29-14-15-5-2-1-3-6-15)19(11-16)17-7-4-8-18(17)20-12-25-13-21(26-20)23(27)28;20-14-9-10-18(23-12-13-5-2-1-3-6-13)16(11-14)15-7-4-8-17(15)19(21)22/h1-3,5-6,9-13H,4,7-8,14H2,(H,27,28);1-3,5-6,9-11,21-22H,4,7-8,12H2. The summed E-state index contributed by atoms with van der Waals surface area (Å²) in [6.45, 7) is 0.909. The van der Waals surface area contributed by atoms with Crippen LogP contribution in [0, 0.1) is 0 Å². The maximum atomic E-state index is 11.3. The van der Waals surface area contributed by atoms with Gasteiger partial charge in [-0.25, -0.2) is 9.78 Å². The first-order chi connectivity index (χ1) is 25.3. The molecular formula is C41H37BCl2N2O6. The summed E-state index contributed by atoms with van der Waals surface area (Å²) in [4.78, 5) is 19.6. The fourth-order valence-electron chi connectivity index (χ4n) is 6.50. The highest BCUT2D eigenvalue weighted by atomic mass is 35.5. The average molecular weight is 735 g/mol. The van der Waals surface area contributed by atoms with Crippen molar-refractivity contribution in [1.29, 1.82) is 0 Å². The van der Waals surface area contributed by atoms with Crippen molar-refractivity contribution in [3.63, 3.8) is 0 Å². The van der Waals surface area contributed by atoms with E-state index in [9.17, 15) is 19.9 Å². The Hall–Kier alpha value is -4.93. The van der Waals surface area contributed by atoms with Crippen molar-refractivity contribution >= 4 is 53.0 Å². The monoisotopic (exact) mass is 734 g/mol. The Kier molecular flexibility index (Phi) is 12.4. The first kappa shape index (κ1) is 36.9. The van der Waals surface area contributed by atoms with E-state index < -0.39 is 13.1 Å². The summed E-state index contributed by atoms with van der Waals surface area (Å²) in [5, 5.41) is 29.6. The molecule has 0 amide bonds. The van der Waals surface area contributed by atoms with Gasteiger partial charge in [0.2, 0.25) is 0 Å². The minimum atomic E-state index is -1.42. The molecule has 4 aromatic carbocycles. The van der Waals surface area contributed by atoms with E-state index in [4.69, 9.17) is 32.7 Å². The molecule has 2 aliphatic rings. The van der Waals surface area contributed by atoms with Gasteiger partial charge in [-0.15, -0.1) is 0 Å². The lowest BCUT2D eigenvalue weighted by atomic mass is 9.75. The van der Waals surface area contributed by atoms with Crippen molar-refractivity contribution in [1.82, 2.24) is 9.97 Å². The number of benzene rings is 4. The number of allylic oxidation sites excluding steroid dienone is 4. The first-order valence-corrected chi connectivity index (χ1v) is 17.8. The van der Waals surface area contributed by atoms with Crippen molar-refractivity contribution in [3.05, 3.63) is 159 Å². The Bertz CT molecular complexity index is 2090. The molecule has 7 rings (SSSR count). The highest BCUT2D eigenvalue weighted by molar-refractivity contribution is 6.52. The third kappa shape index (κ3) is 9.29. The number of carboxylic acid groups (broad SMARTS) is 1. The number of halogens is 2. The maximum absolute atomic E-state index is 11.3. The van der Waals surface area contributed by atoms with E-state index >= 15 is 0 Å². The van der Waals surface area contributed by atoms with Crippen LogP contribution in [0.4, 0.5) is 0 Å². The SMILES string of the molecule is O=C(O)c1cncc(C2=C(c3cc(Cl)ccc3OCc3ccccc3)CCC2)n1.OB(O)C1=C(c2cc(Cl)ccc2OCc2ccccc2)CCC1. The average Bonchev–Trinajstić information content (AvgIpc) is 3.86. The van der Waals surface area contributed by atoms with Crippen LogP contribution >= 0.6 is 23.2 Å². The topological polar surface area (TPSA) is 122 Å². The second-order valence-corrected chi connectivity index (χ2v) is 13.3. The normalized spacial score (nSPS) is 13.8. The third-order valence-corrected chi connectivity index (χ3v) is 9.43. The fraction of sp³-hybridized carbons (Fsp3) is 0.195. The number of hydrogen-bond donors (Lipinski definition) is 3. The van der Waals surface area contributed by atoms with Gasteiger partial charge in [0.1, 0.15) is 24.7 Å². The fourth-order valence-corrected chi connectivity index (χ4v) is 6.84. The molecule has 0 unspecified atom stereocenters. The van der Waals surface area contributed by atoms with Crippen molar-refractivity contribution in [2.45, 2.75) is 51.7 Å². The molecule has 0 spiro atoms. The highest BCUT2D eigenvalue weighted by Gasteiger charge is 2.27. The lowest BCUT2D eigenvalue weighted by molar-refractivity contribution is 0.0689. The van der Waals surface area contributed by atoms with E-state index in [1.807, 2.05) is 91.0 Å². The predicted molar refractivity (Wildman–Crippen MR) is 205 cm³/mol. The van der Waals surface area contributed by atoms with Crippen molar-refractivity contribution in [2.75, 3.05) is 0 Å². The van der Waals surface area contributed by atoms with Gasteiger partial charge in [0, 0.05) is 21.2 Å². The Morgan fingerprint density at radius 2 is 1.19 bits per heavy atom. The predicted octanol–water partition coefficient (Wildman–Crippen LogP) is 9.37. The molecule has 0 saturated carbocycles. The van der Waals surface area contributed by atoms with Gasteiger partial charge < -0.3 is 24.6 Å². The van der Waals surface area contributed by atoms with Gasteiger partial charge in [-0.3, -0.25) is 4.98 Å². The minimum absolute atomic E-state index is 0.0621. The van der Waals surface area contributed by atoms with Gasteiger partial charge in [-0.2, -0.15) is 0 Å². The number of hydrogen-bond acceptors (Lipinski definition) is 7. The van der Waals surface area contributed by atoms with Gasteiger partial charge in [-0.1, -0.05) is 83.9 Å². The number of aromatic nitrogens is 2. The van der Waals surface area contributed by atoms with E-state index in [1.54, 1.807) is 12.3 Å². The molecule has 2 aliphatic carbocycles. The van der Waals surface area contributed by atoms with Crippen LogP contribution in [0.5, 0.6) is 11.5 Å². The van der Waals surface area contributed by atoms with Crippen LogP contribution in [0.2, 0.25) is 10.0 Å². The molecule has 1 heterocycles. The summed E-state index contributed by atoms with van der Waals surface area (Å²) in [6, 6.07) is 30.9. The Morgan fingerprint density at radius 3 is 1.75 bits per heavy atom. The maximum Gasteiger partial charge on any atom is 0.484 e. The zero-order valence-electron chi connectivity index (χ0n) is 28.3. The van der Waals surface area contributed by atoms with Gasteiger partial charge in [0.05, 0.1) is 18.1 Å². The van der Waals surface area contributed by atoms with Crippen molar-refractivity contribution < 1.29 is 29.4 Å². The number of nitrogens with zero attached hydrogens (tertiary/aromatic N) is 2. The second-order valence-electron chi connectivity index (χ2n) is 12.5. The number of rotatable bonds is 11. The summed E-state index contributed by atoms with van der Waals surface area (Å²) in [7, 11) is -1.42. The van der Waals surface area contributed by atoms with Crippen molar-refractivity contribution in [2.24, 2.45) is 0 Å². The van der Waals surface area contributed by atoms with Crippen LogP contribution in [-0.2, 0) is 13.2 Å². The molecule has 3 N–H and O–H groups in total. The smallest absolute Gasteiger partial charge is 0.484 e. The van der Waals surface area contributed by atoms with Crippen LogP contribution in [-0.4, -0.2) is 38.2 Å². The van der Waals surface area contributed by atoms with Crippen LogP contribution in [0.1, 0.15) is 77.0 Å². The molecule has 11 heteroatoms. The van der Waals surface area contributed by atoms with Gasteiger partial charge >= 0.3 is 13.1 Å². The Balaban J connectivity index is 0.000000183. The molecule has 52 heavy (non-hydrogen) atoms. The summed E-state index contributed by atoms with van der Waals surface area (Å²) in [5.41, 5.74) is 8.13. The van der Waals surface area contributed by atoms with Crippen molar-refractivity contribution in [3.8, 4) is 11.5 Å². The van der Waals surface area contributed by atoms with Crippen LogP contribution in [0.15, 0.2) is 115 Å². The molecule has 1 aromatic heterocycles. The molecule has 0 radical (unpaired) electrons. The van der Waals surface area contributed by atoms with Crippen LogP contribution in [0.3, 0.4) is 0 Å². The lowest BCUT2D eigenvalue weighted by Gasteiger charge is -2.15. The van der Waals surface area contributed by atoms with E-state index in [0.717, 1.165) is 76.8 Å². The summed E-state index contributed by atoms with van der Waals surface area (Å²) < 4.78 is 12.1. The Labute approximate surface area is 313 Å². The van der Waals surface area contributed by atoms with Gasteiger partial charge in [0.25, 0.3) is 0 Å². The zero-order valence-corrected chi connectivity index (χ0v) is 29.9. The largest absolute Gasteiger partial charge is 0.488 e. The minimum Gasteiger partial charge on any atom is -0.488 e. The number of ether oxygens (including phenoxy) is 2. The summed E-state index contributed by atoms with van der Waals surface area (Å²) in [6.07, 6.45) is 7.87. The Morgan fingerprint density at radius 1 is 0.673 bits per heavy atom. The third-order valence-electron chi connectivity index (χ3n) is 8.96. The van der Waals surface area contributed by atoms with Crippen LogP contribution < -0.4 is 9.47 Å². The molecule has 8 nitrogen and oxygen atoms in total. The first-order valence-electron chi connectivity index (χ1n) is 17.1.